The third-order valence-electron chi connectivity index (χ3n) is 3.39. The van der Waals surface area contributed by atoms with Gasteiger partial charge in [0, 0.05) is 24.2 Å². The van der Waals surface area contributed by atoms with E-state index in [1.165, 1.54) is 6.92 Å². The number of rotatable bonds is 5. The monoisotopic (exact) mass is 336 g/mol. The van der Waals surface area contributed by atoms with E-state index in [2.05, 4.69) is 10.5 Å². The normalized spacial score (nSPS) is 10.3. The molecule has 6 nitrogen and oxygen atoms in total. The maximum atomic E-state index is 12.1. The molecule has 0 bridgehead atoms. The second-order valence-electron chi connectivity index (χ2n) is 5.39. The molecule has 2 aromatic carbocycles. The van der Waals surface area contributed by atoms with Gasteiger partial charge in [-0.05, 0) is 18.2 Å². The first kappa shape index (κ1) is 16.4. The van der Waals surface area contributed by atoms with E-state index in [0.717, 1.165) is 5.56 Å². The summed E-state index contributed by atoms with van der Waals surface area (Å²) in [5, 5.41) is 6.53. The Morgan fingerprint density at radius 1 is 1.08 bits per heavy atom. The second kappa shape index (κ2) is 7.44. The van der Waals surface area contributed by atoms with Crippen molar-refractivity contribution in [2.45, 2.75) is 13.5 Å². The third-order valence-corrected chi connectivity index (χ3v) is 3.39. The molecule has 0 spiro atoms. The Hall–Kier alpha value is -3.41. The smallest absolute Gasteiger partial charge is 0.338 e. The number of anilines is 1. The zero-order chi connectivity index (χ0) is 17.6. The maximum Gasteiger partial charge on any atom is 0.338 e. The zero-order valence-corrected chi connectivity index (χ0v) is 13.6. The van der Waals surface area contributed by atoms with Crippen LogP contribution in [0.15, 0.2) is 65.2 Å². The van der Waals surface area contributed by atoms with Gasteiger partial charge in [0.1, 0.15) is 12.3 Å². The molecular formula is C19H16N2O4. The summed E-state index contributed by atoms with van der Waals surface area (Å²) in [5.74, 6) is -0.0997. The molecule has 0 atom stereocenters. The minimum Gasteiger partial charge on any atom is -0.455 e. The number of carbonyl (C=O) groups excluding carboxylic acids is 2. The molecule has 0 saturated carbocycles. The number of nitrogens with zero attached hydrogens (tertiary/aromatic N) is 1. The van der Waals surface area contributed by atoms with Gasteiger partial charge in [-0.2, -0.15) is 0 Å². The molecule has 0 radical (unpaired) electrons. The van der Waals surface area contributed by atoms with Crippen molar-refractivity contribution in [2.24, 2.45) is 0 Å². The van der Waals surface area contributed by atoms with Gasteiger partial charge in [-0.1, -0.05) is 41.6 Å². The molecule has 126 valence electrons. The topological polar surface area (TPSA) is 81.4 Å². The average molecular weight is 336 g/mol. The number of esters is 1. The SMILES string of the molecule is CC(=O)Nc1cccc(C(=O)OCc2cc(-c3ccccc3)on2)c1. The molecule has 3 aromatic rings. The molecule has 6 heteroatoms. The number of hydrogen-bond acceptors (Lipinski definition) is 5. The highest BCUT2D eigenvalue weighted by atomic mass is 16.5. The van der Waals surface area contributed by atoms with Crippen molar-refractivity contribution in [3.05, 3.63) is 71.9 Å². The first-order valence-electron chi connectivity index (χ1n) is 7.67. The van der Waals surface area contributed by atoms with E-state index in [4.69, 9.17) is 9.26 Å². The van der Waals surface area contributed by atoms with Crippen LogP contribution >= 0.6 is 0 Å². The molecule has 0 aliphatic rings. The summed E-state index contributed by atoms with van der Waals surface area (Å²) in [6.45, 7) is 1.40. The predicted octanol–water partition coefficient (Wildman–Crippen LogP) is 3.66. The fraction of sp³-hybridized carbons (Fsp3) is 0.105. The van der Waals surface area contributed by atoms with Gasteiger partial charge in [-0.3, -0.25) is 4.79 Å². The van der Waals surface area contributed by atoms with Gasteiger partial charge < -0.3 is 14.6 Å². The first-order valence-corrected chi connectivity index (χ1v) is 7.67. The van der Waals surface area contributed by atoms with Gasteiger partial charge >= 0.3 is 5.97 Å². The Bertz CT molecular complexity index is 887. The van der Waals surface area contributed by atoms with Crippen LogP contribution in [0.25, 0.3) is 11.3 Å². The lowest BCUT2D eigenvalue weighted by Gasteiger charge is -2.05. The van der Waals surface area contributed by atoms with Crippen LogP contribution in [-0.2, 0) is 16.1 Å². The molecule has 3 rings (SSSR count). The molecule has 0 saturated heterocycles. The van der Waals surface area contributed by atoms with Gasteiger partial charge in [0.15, 0.2) is 5.76 Å². The van der Waals surface area contributed by atoms with Crippen molar-refractivity contribution in [2.75, 3.05) is 5.32 Å². The van der Waals surface area contributed by atoms with E-state index in [1.807, 2.05) is 30.3 Å². The maximum absolute atomic E-state index is 12.1. The fourth-order valence-electron chi connectivity index (χ4n) is 2.27. The van der Waals surface area contributed by atoms with E-state index in [9.17, 15) is 9.59 Å². The van der Waals surface area contributed by atoms with Crippen LogP contribution in [-0.4, -0.2) is 17.0 Å². The summed E-state index contributed by atoms with van der Waals surface area (Å²) in [6, 6.07) is 17.8. The summed E-state index contributed by atoms with van der Waals surface area (Å²) in [5.41, 5.74) is 2.30. The molecule has 0 fully saturated rings. The van der Waals surface area contributed by atoms with Crippen LogP contribution in [0.3, 0.4) is 0 Å². The zero-order valence-electron chi connectivity index (χ0n) is 13.6. The standard InChI is InChI=1S/C19H16N2O4/c1-13(22)20-16-9-5-8-15(10-16)19(23)24-12-17-11-18(25-21-17)14-6-3-2-4-7-14/h2-11H,12H2,1H3,(H,20,22). The number of carbonyl (C=O) groups is 2. The molecule has 0 aliphatic heterocycles. The second-order valence-corrected chi connectivity index (χ2v) is 5.39. The number of ether oxygens (including phenoxy) is 1. The van der Waals surface area contributed by atoms with E-state index < -0.39 is 5.97 Å². The van der Waals surface area contributed by atoms with E-state index in [1.54, 1.807) is 30.3 Å². The highest BCUT2D eigenvalue weighted by Crippen LogP contribution is 2.20. The molecule has 0 aliphatic carbocycles. The first-order chi connectivity index (χ1) is 12.1. The number of amides is 1. The van der Waals surface area contributed by atoms with Crippen molar-refractivity contribution in [3.8, 4) is 11.3 Å². The molecule has 1 heterocycles. The molecule has 0 unspecified atom stereocenters. The van der Waals surface area contributed by atoms with Crippen molar-refractivity contribution < 1.29 is 18.8 Å². The summed E-state index contributed by atoms with van der Waals surface area (Å²) < 4.78 is 10.5. The van der Waals surface area contributed by atoms with Crippen LogP contribution in [0, 0.1) is 0 Å². The van der Waals surface area contributed by atoms with Crippen LogP contribution in [0.5, 0.6) is 0 Å². The molecule has 1 amide bonds. The lowest BCUT2D eigenvalue weighted by Crippen LogP contribution is -2.09. The molecular weight excluding hydrogens is 320 g/mol. The summed E-state index contributed by atoms with van der Waals surface area (Å²) >= 11 is 0. The Labute approximate surface area is 144 Å². The van der Waals surface area contributed by atoms with Crippen LogP contribution in [0.2, 0.25) is 0 Å². The highest BCUT2D eigenvalue weighted by molar-refractivity contribution is 5.93. The van der Waals surface area contributed by atoms with Crippen molar-refractivity contribution in [1.82, 2.24) is 5.16 Å². The van der Waals surface area contributed by atoms with E-state index in [-0.39, 0.29) is 12.5 Å². The highest BCUT2D eigenvalue weighted by Gasteiger charge is 2.11. The summed E-state index contributed by atoms with van der Waals surface area (Å²) in [4.78, 5) is 23.2. The van der Waals surface area contributed by atoms with Crippen LogP contribution in [0.4, 0.5) is 5.69 Å². The van der Waals surface area contributed by atoms with Crippen LogP contribution < -0.4 is 5.32 Å². The Balaban J connectivity index is 1.63. The molecule has 25 heavy (non-hydrogen) atoms. The molecule has 1 aromatic heterocycles. The number of nitrogens with one attached hydrogen (secondary N) is 1. The summed E-state index contributed by atoms with van der Waals surface area (Å²) in [7, 11) is 0. The fourth-order valence-corrected chi connectivity index (χ4v) is 2.27. The molecule has 1 N–H and O–H groups in total. The number of benzene rings is 2. The van der Waals surface area contributed by atoms with E-state index in [0.29, 0.717) is 22.7 Å². The van der Waals surface area contributed by atoms with Gasteiger partial charge in [0.2, 0.25) is 5.91 Å². The largest absolute Gasteiger partial charge is 0.455 e. The van der Waals surface area contributed by atoms with Gasteiger partial charge in [0.25, 0.3) is 0 Å². The van der Waals surface area contributed by atoms with Gasteiger partial charge in [-0.15, -0.1) is 0 Å². The summed E-state index contributed by atoms with van der Waals surface area (Å²) in [6.07, 6.45) is 0. The average Bonchev–Trinajstić information content (AvgIpc) is 3.09. The lowest BCUT2D eigenvalue weighted by molar-refractivity contribution is -0.114. The van der Waals surface area contributed by atoms with Crippen molar-refractivity contribution >= 4 is 17.6 Å². The van der Waals surface area contributed by atoms with Gasteiger partial charge in [0.05, 0.1) is 5.56 Å². The van der Waals surface area contributed by atoms with Gasteiger partial charge in [-0.25, -0.2) is 4.79 Å². The quantitative estimate of drug-likeness (QED) is 0.719. The Kier molecular flexibility index (Phi) is 4.89. The third kappa shape index (κ3) is 4.32. The van der Waals surface area contributed by atoms with Crippen molar-refractivity contribution in [1.29, 1.82) is 0 Å². The number of hydrogen-bond donors (Lipinski definition) is 1. The lowest BCUT2D eigenvalue weighted by atomic mass is 10.2. The number of aromatic nitrogens is 1. The Morgan fingerprint density at radius 3 is 2.64 bits per heavy atom. The predicted molar refractivity (Wildman–Crippen MR) is 91.8 cm³/mol. The van der Waals surface area contributed by atoms with Crippen molar-refractivity contribution in [3.63, 3.8) is 0 Å². The minimum absolute atomic E-state index is 0.000465. The van der Waals surface area contributed by atoms with Crippen LogP contribution in [0.1, 0.15) is 23.0 Å². The Morgan fingerprint density at radius 2 is 1.88 bits per heavy atom. The minimum atomic E-state index is -0.503. The van der Waals surface area contributed by atoms with E-state index >= 15 is 0 Å².